The quantitative estimate of drug-likeness (QED) is 0.113. The summed E-state index contributed by atoms with van der Waals surface area (Å²) < 4.78 is 4.39. The molecule has 0 fully saturated rings. The molecule has 0 aliphatic heterocycles. The molecule has 0 atom stereocenters. The van der Waals surface area contributed by atoms with Crippen molar-refractivity contribution in [1.29, 1.82) is 0 Å². The maximum atomic E-state index is 5.41. The van der Waals surface area contributed by atoms with Gasteiger partial charge in [-0.05, 0) is 62.2 Å². The molecule has 0 unspecified atom stereocenters. The minimum Gasteiger partial charge on any atom is -0.278 e. The number of hydrogen-bond donors (Lipinski definition) is 0. The Morgan fingerprint density at radius 2 is 0.635 bits per heavy atom. The number of fused-ring (bicyclic) bond motifs is 6. The van der Waals surface area contributed by atoms with E-state index in [2.05, 4.69) is 246 Å². The van der Waals surface area contributed by atoms with Crippen LogP contribution in [0.4, 0.5) is 0 Å². The van der Waals surface area contributed by atoms with Crippen molar-refractivity contribution in [2.45, 2.75) is 0 Å². The number of nitrogens with zero attached hydrogens (tertiary/aromatic N) is 5. The molecule has 296 valence electrons. The molecule has 6 heteroatoms. The molecule has 9 aromatic carbocycles. The second-order valence-corrected chi connectivity index (χ2v) is 19.8. The second kappa shape index (κ2) is 15.1. The minimum absolute atomic E-state index is 0.557. The first-order valence-corrected chi connectivity index (χ1v) is 23.4. The normalized spacial score (nSPS) is 11.8. The van der Waals surface area contributed by atoms with E-state index in [4.69, 9.17) is 15.0 Å². The van der Waals surface area contributed by atoms with Gasteiger partial charge in [-0.3, -0.25) is 9.13 Å². The van der Waals surface area contributed by atoms with E-state index in [1.54, 1.807) is 0 Å². The van der Waals surface area contributed by atoms with Gasteiger partial charge in [0, 0.05) is 27.1 Å². The van der Waals surface area contributed by atoms with Gasteiger partial charge in [0.05, 0.1) is 22.1 Å². The maximum absolute atomic E-state index is 5.41. The largest absolute Gasteiger partial charge is 0.278 e. The molecule has 3 heterocycles. The van der Waals surface area contributed by atoms with Crippen molar-refractivity contribution in [2.24, 2.45) is 0 Å². The van der Waals surface area contributed by atoms with Crippen LogP contribution in [0.2, 0.25) is 0 Å². The Bertz CT molecular complexity index is 3450. The van der Waals surface area contributed by atoms with Gasteiger partial charge in [0.1, 0.15) is 0 Å². The molecule has 5 nitrogen and oxygen atoms in total. The summed E-state index contributed by atoms with van der Waals surface area (Å²) >= 11 is 0. The average molecular weight is 822 g/mol. The van der Waals surface area contributed by atoms with E-state index in [0.29, 0.717) is 17.7 Å². The molecule has 63 heavy (non-hydrogen) atoms. The van der Waals surface area contributed by atoms with Gasteiger partial charge in [-0.1, -0.05) is 206 Å². The molecule has 12 rings (SSSR count). The zero-order valence-corrected chi connectivity index (χ0v) is 35.3. The molecule has 0 aliphatic carbocycles. The van der Waals surface area contributed by atoms with Crippen LogP contribution in [-0.2, 0) is 0 Å². The van der Waals surface area contributed by atoms with Gasteiger partial charge in [-0.2, -0.15) is 15.0 Å². The summed E-state index contributed by atoms with van der Waals surface area (Å²) in [7, 11) is -2.75. The fourth-order valence-corrected chi connectivity index (χ4v) is 14.5. The van der Waals surface area contributed by atoms with Crippen molar-refractivity contribution < 1.29 is 0 Å². The van der Waals surface area contributed by atoms with Crippen LogP contribution in [0.15, 0.2) is 237 Å². The molecule has 12 aromatic rings. The highest BCUT2D eigenvalue weighted by Crippen LogP contribution is 2.36. The molecule has 0 bridgehead atoms. The SMILES string of the molecule is c1ccc(-c2ccc3c(c2)c2ccccc2n3-c2nc(-c3ccc([Si](c4ccccc4)(c4ccccc4)c4ccccc4)cc3)nc(-n3c4ccccc4c4ccccc43)n2)cc1. The Morgan fingerprint density at radius 3 is 1.11 bits per heavy atom. The molecule has 0 radical (unpaired) electrons. The van der Waals surface area contributed by atoms with E-state index in [-0.39, 0.29) is 0 Å². The Morgan fingerprint density at radius 1 is 0.270 bits per heavy atom. The van der Waals surface area contributed by atoms with Gasteiger partial charge in [0.15, 0.2) is 13.9 Å². The highest BCUT2D eigenvalue weighted by Gasteiger charge is 2.41. The number of para-hydroxylation sites is 3. The van der Waals surface area contributed by atoms with Crippen molar-refractivity contribution >= 4 is 72.4 Å². The average Bonchev–Trinajstić information content (AvgIpc) is 3.88. The van der Waals surface area contributed by atoms with Crippen molar-refractivity contribution in [1.82, 2.24) is 24.1 Å². The fourth-order valence-electron chi connectivity index (χ4n) is 9.75. The van der Waals surface area contributed by atoms with E-state index in [1.165, 1.54) is 26.3 Å². The van der Waals surface area contributed by atoms with Gasteiger partial charge in [-0.15, -0.1) is 0 Å². The van der Waals surface area contributed by atoms with Crippen LogP contribution in [0.1, 0.15) is 0 Å². The van der Waals surface area contributed by atoms with Crippen LogP contribution in [0.3, 0.4) is 0 Å². The summed E-state index contributed by atoms with van der Waals surface area (Å²) in [6.07, 6.45) is 0. The molecule has 0 saturated heterocycles. The molecule has 0 saturated carbocycles. The van der Waals surface area contributed by atoms with Crippen molar-refractivity contribution in [2.75, 3.05) is 0 Å². The molecule has 0 N–H and O–H groups in total. The Balaban J connectivity index is 1.11. The van der Waals surface area contributed by atoms with E-state index >= 15 is 0 Å². The van der Waals surface area contributed by atoms with Crippen LogP contribution in [0.25, 0.3) is 78.0 Å². The van der Waals surface area contributed by atoms with Gasteiger partial charge in [0.25, 0.3) is 0 Å². The third-order valence-electron chi connectivity index (χ3n) is 12.6. The van der Waals surface area contributed by atoms with Gasteiger partial charge >= 0.3 is 0 Å². The maximum Gasteiger partial charge on any atom is 0.240 e. The molecule has 0 aliphatic rings. The minimum atomic E-state index is -2.75. The monoisotopic (exact) mass is 821 g/mol. The van der Waals surface area contributed by atoms with E-state index in [9.17, 15) is 0 Å². The third kappa shape index (κ3) is 5.95. The summed E-state index contributed by atoms with van der Waals surface area (Å²) in [5, 5.41) is 9.84. The highest BCUT2D eigenvalue weighted by molar-refractivity contribution is 7.19. The predicted octanol–water partition coefficient (Wildman–Crippen LogP) is 10.8. The Labute approximate surface area is 365 Å². The van der Waals surface area contributed by atoms with Crippen LogP contribution < -0.4 is 20.7 Å². The zero-order chi connectivity index (χ0) is 41.7. The van der Waals surface area contributed by atoms with Crippen LogP contribution in [0, 0.1) is 0 Å². The smallest absolute Gasteiger partial charge is 0.240 e. The van der Waals surface area contributed by atoms with Crippen LogP contribution in [0.5, 0.6) is 0 Å². The highest BCUT2D eigenvalue weighted by atomic mass is 28.3. The fraction of sp³-hybridized carbons (Fsp3) is 0. The van der Waals surface area contributed by atoms with Crippen LogP contribution >= 0.6 is 0 Å². The predicted molar refractivity (Wildman–Crippen MR) is 263 cm³/mol. The molecular weight excluding hydrogens is 783 g/mol. The first-order chi connectivity index (χ1) is 31.3. The number of hydrogen-bond acceptors (Lipinski definition) is 3. The topological polar surface area (TPSA) is 48.5 Å². The van der Waals surface area contributed by atoms with Gasteiger partial charge < -0.3 is 0 Å². The number of aromatic nitrogens is 5. The third-order valence-corrected chi connectivity index (χ3v) is 17.4. The molecule has 0 spiro atoms. The molecule has 0 amide bonds. The summed E-state index contributed by atoms with van der Waals surface area (Å²) in [5.41, 5.74) is 7.38. The second-order valence-electron chi connectivity index (χ2n) is 16.0. The molecule has 3 aromatic heterocycles. The van der Waals surface area contributed by atoms with Crippen molar-refractivity contribution in [3.05, 3.63) is 237 Å². The zero-order valence-electron chi connectivity index (χ0n) is 34.3. The van der Waals surface area contributed by atoms with E-state index in [1.807, 2.05) is 0 Å². The summed E-state index contributed by atoms with van der Waals surface area (Å²) in [6, 6.07) is 84.9. The summed E-state index contributed by atoms with van der Waals surface area (Å²) in [5.74, 6) is 1.72. The number of rotatable bonds is 8. The lowest BCUT2D eigenvalue weighted by atomic mass is 10.0. The Hall–Kier alpha value is -8.19. The van der Waals surface area contributed by atoms with Gasteiger partial charge in [0.2, 0.25) is 11.9 Å². The summed E-state index contributed by atoms with van der Waals surface area (Å²) in [4.78, 5) is 16.2. The van der Waals surface area contributed by atoms with Crippen molar-refractivity contribution in [3.8, 4) is 34.4 Å². The van der Waals surface area contributed by atoms with E-state index in [0.717, 1.165) is 54.7 Å². The first-order valence-electron chi connectivity index (χ1n) is 21.4. The van der Waals surface area contributed by atoms with Gasteiger partial charge in [-0.25, -0.2) is 0 Å². The molecular formula is C57H39N5Si. The van der Waals surface area contributed by atoms with Crippen LogP contribution in [-0.4, -0.2) is 32.2 Å². The van der Waals surface area contributed by atoms with Crippen molar-refractivity contribution in [3.63, 3.8) is 0 Å². The number of benzene rings is 9. The standard InChI is InChI=1S/C57H39N5Si/c1-5-19-40(20-6-1)42-35-38-54-50(39-42)49-29-15-18-32-53(49)62(54)57-59-55(58-56(60-57)61-51-30-16-13-27-47(51)48-28-14-17-31-52(48)61)41-33-36-46(37-34-41)63(43-21-7-2-8-22-43,44-23-9-3-10-24-44)45-25-11-4-12-26-45/h1-39H. The Kier molecular flexibility index (Phi) is 8.76. The summed E-state index contributed by atoms with van der Waals surface area (Å²) in [6.45, 7) is 0. The lowest BCUT2D eigenvalue weighted by molar-refractivity contribution is 0.893. The lowest BCUT2D eigenvalue weighted by Crippen LogP contribution is -2.74. The lowest BCUT2D eigenvalue weighted by Gasteiger charge is -2.34. The van der Waals surface area contributed by atoms with E-state index < -0.39 is 8.07 Å². The first kappa shape index (κ1) is 36.6.